The highest BCUT2D eigenvalue weighted by Crippen LogP contribution is 2.40. The van der Waals surface area contributed by atoms with E-state index in [1.54, 1.807) is 6.07 Å². The second-order valence-electron chi connectivity index (χ2n) is 7.61. The maximum Gasteiger partial charge on any atom is 0.354 e. The van der Waals surface area contributed by atoms with Gasteiger partial charge in [0.15, 0.2) is 0 Å². The summed E-state index contributed by atoms with van der Waals surface area (Å²) in [6, 6.07) is 1.70. The second kappa shape index (κ2) is 6.11. The Balaban J connectivity index is 1.98. The van der Waals surface area contributed by atoms with Crippen molar-refractivity contribution in [2.45, 2.75) is 52.0 Å². The zero-order valence-electron chi connectivity index (χ0n) is 14.3. The number of nitrogens with zero attached hydrogens (tertiary/aromatic N) is 2. The van der Waals surface area contributed by atoms with Crippen molar-refractivity contribution in [2.24, 2.45) is 5.92 Å². The van der Waals surface area contributed by atoms with E-state index in [0.717, 1.165) is 43.1 Å². The van der Waals surface area contributed by atoms with Gasteiger partial charge in [-0.2, -0.15) is 0 Å². The fourth-order valence-electron chi connectivity index (χ4n) is 3.63. The highest BCUT2D eigenvalue weighted by Gasteiger charge is 2.34. The number of piperidine rings is 1. The van der Waals surface area contributed by atoms with Crippen molar-refractivity contribution < 1.29 is 14.6 Å². The predicted molar refractivity (Wildman–Crippen MR) is 88.0 cm³/mol. The van der Waals surface area contributed by atoms with Crippen LogP contribution in [0.15, 0.2) is 6.07 Å². The first-order valence-electron chi connectivity index (χ1n) is 8.49. The molecule has 1 atom stereocenters. The van der Waals surface area contributed by atoms with Crippen LogP contribution in [0.1, 0.15) is 61.8 Å². The second-order valence-corrected chi connectivity index (χ2v) is 7.61. The SMILES string of the molecule is C[C@H]1CCCN(Cc2cc(C(=O)O)nc3c2OCCC3(C)C)C1. The van der Waals surface area contributed by atoms with Gasteiger partial charge in [-0.1, -0.05) is 20.8 Å². The van der Waals surface area contributed by atoms with Gasteiger partial charge in [0.25, 0.3) is 0 Å². The molecule has 0 amide bonds. The summed E-state index contributed by atoms with van der Waals surface area (Å²) in [5, 5.41) is 9.41. The summed E-state index contributed by atoms with van der Waals surface area (Å²) in [4.78, 5) is 18.3. The molecule has 0 spiro atoms. The summed E-state index contributed by atoms with van der Waals surface area (Å²) < 4.78 is 5.91. The van der Waals surface area contributed by atoms with E-state index in [-0.39, 0.29) is 11.1 Å². The number of carboxylic acids is 1. The lowest BCUT2D eigenvalue weighted by Gasteiger charge is -2.35. The third-order valence-electron chi connectivity index (χ3n) is 5.02. The van der Waals surface area contributed by atoms with Crippen LogP contribution in [-0.4, -0.2) is 40.7 Å². The average molecular weight is 318 g/mol. The molecular weight excluding hydrogens is 292 g/mol. The zero-order valence-corrected chi connectivity index (χ0v) is 14.3. The van der Waals surface area contributed by atoms with Crippen LogP contribution in [0.3, 0.4) is 0 Å². The van der Waals surface area contributed by atoms with Crippen LogP contribution in [0.2, 0.25) is 0 Å². The van der Waals surface area contributed by atoms with E-state index >= 15 is 0 Å². The summed E-state index contributed by atoms with van der Waals surface area (Å²) in [5.74, 6) is 0.532. The van der Waals surface area contributed by atoms with Crippen LogP contribution >= 0.6 is 0 Å². The highest BCUT2D eigenvalue weighted by molar-refractivity contribution is 5.86. The minimum Gasteiger partial charge on any atom is -0.491 e. The van der Waals surface area contributed by atoms with Gasteiger partial charge in [0.05, 0.1) is 12.3 Å². The Bertz CT molecular complexity index is 613. The average Bonchev–Trinajstić information content (AvgIpc) is 2.47. The van der Waals surface area contributed by atoms with E-state index in [9.17, 15) is 9.90 Å². The topological polar surface area (TPSA) is 62.7 Å². The van der Waals surface area contributed by atoms with E-state index in [1.807, 2.05) is 0 Å². The van der Waals surface area contributed by atoms with Gasteiger partial charge in [0.2, 0.25) is 0 Å². The number of likely N-dealkylation sites (tertiary alicyclic amines) is 1. The van der Waals surface area contributed by atoms with Crippen LogP contribution in [0.5, 0.6) is 5.75 Å². The van der Waals surface area contributed by atoms with Gasteiger partial charge in [0.1, 0.15) is 11.4 Å². The van der Waals surface area contributed by atoms with Crippen LogP contribution < -0.4 is 4.74 Å². The molecule has 0 bridgehead atoms. The molecule has 1 aromatic rings. The molecule has 0 saturated carbocycles. The molecule has 126 valence electrons. The molecule has 0 unspecified atom stereocenters. The molecule has 1 aromatic heterocycles. The number of pyridine rings is 1. The van der Waals surface area contributed by atoms with Crippen LogP contribution in [0.4, 0.5) is 0 Å². The minimum absolute atomic E-state index is 0.127. The molecule has 0 radical (unpaired) electrons. The number of fused-ring (bicyclic) bond motifs is 1. The van der Waals surface area contributed by atoms with Gasteiger partial charge in [-0.3, -0.25) is 4.90 Å². The Morgan fingerprint density at radius 3 is 3.00 bits per heavy atom. The Labute approximate surface area is 137 Å². The van der Waals surface area contributed by atoms with E-state index in [1.165, 1.54) is 12.8 Å². The summed E-state index contributed by atoms with van der Waals surface area (Å²) in [7, 11) is 0. The predicted octanol–water partition coefficient (Wildman–Crippen LogP) is 3.07. The van der Waals surface area contributed by atoms with Crippen molar-refractivity contribution in [3.05, 3.63) is 23.0 Å². The standard InChI is InChI=1S/C18H26N2O3/c1-12-5-4-7-20(10-12)11-13-9-14(17(21)22)19-16-15(13)23-8-6-18(16,2)3/h9,12H,4-8,10-11H2,1-3H3,(H,21,22)/t12-/m0/s1. The lowest BCUT2D eigenvalue weighted by atomic mass is 9.82. The van der Waals surface area contributed by atoms with Gasteiger partial charge >= 0.3 is 5.97 Å². The van der Waals surface area contributed by atoms with Gasteiger partial charge in [-0.05, 0) is 37.8 Å². The quantitative estimate of drug-likeness (QED) is 0.928. The van der Waals surface area contributed by atoms with Gasteiger partial charge < -0.3 is 9.84 Å². The largest absolute Gasteiger partial charge is 0.491 e. The summed E-state index contributed by atoms with van der Waals surface area (Å²) in [6.07, 6.45) is 3.33. The number of rotatable bonds is 3. The fourth-order valence-corrected chi connectivity index (χ4v) is 3.63. The van der Waals surface area contributed by atoms with Crippen molar-refractivity contribution >= 4 is 5.97 Å². The normalized spacial score (nSPS) is 23.9. The Morgan fingerprint density at radius 2 is 2.30 bits per heavy atom. The third kappa shape index (κ3) is 3.34. The summed E-state index contributed by atoms with van der Waals surface area (Å²) in [6.45, 7) is 10.0. The maximum atomic E-state index is 11.5. The molecule has 3 rings (SSSR count). The first kappa shape index (κ1) is 16.2. The Kier molecular flexibility index (Phi) is 4.32. The fraction of sp³-hybridized carbons (Fsp3) is 0.667. The Morgan fingerprint density at radius 1 is 1.52 bits per heavy atom. The number of ether oxygens (including phenoxy) is 1. The lowest BCUT2D eigenvalue weighted by Crippen LogP contribution is -2.35. The summed E-state index contributed by atoms with van der Waals surface area (Å²) >= 11 is 0. The highest BCUT2D eigenvalue weighted by atomic mass is 16.5. The number of aromatic nitrogens is 1. The minimum atomic E-state index is -0.970. The van der Waals surface area contributed by atoms with E-state index in [0.29, 0.717) is 12.5 Å². The molecule has 0 aromatic carbocycles. The molecule has 23 heavy (non-hydrogen) atoms. The molecule has 2 aliphatic heterocycles. The van der Waals surface area contributed by atoms with Crippen molar-refractivity contribution in [1.29, 1.82) is 0 Å². The lowest BCUT2D eigenvalue weighted by molar-refractivity contribution is 0.0688. The molecule has 1 saturated heterocycles. The van der Waals surface area contributed by atoms with Crippen molar-refractivity contribution in [3.63, 3.8) is 0 Å². The molecule has 2 aliphatic rings. The zero-order chi connectivity index (χ0) is 16.6. The van der Waals surface area contributed by atoms with Crippen LogP contribution in [0.25, 0.3) is 0 Å². The molecule has 1 N–H and O–H groups in total. The molecule has 3 heterocycles. The molecule has 5 nitrogen and oxygen atoms in total. The van der Waals surface area contributed by atoms with Crippen molar-refractivity contribution in [2.75, 3.05) is 19.7 Å². The number of carbonyl (C=O) groups is 1. The van der Waals surface area contributed by atoms with Crippen LogP contribution in [-0.2, 0) is 12.0 Å². The maximum absolute atomic E-state index is 11.5. The van der Waals surface area contributed by atoms with Crippen molar-refractivity contribution in [1.82, 2.24) is 9.88 Å². The molecule has 5 heteroatoms. The van der Waals surface area contributed by atoms with E-state index in [2.05, 4.69) is 30.7 Å². The number of hydrogen-bond donors (Lipinski definition) is 1. The first-order valence-corrected chi connectivity index (χ1v) is 8.49. The smallest absolute Gasteiger partial charge is 0.354 e. The van der Waals surface area contributed by atoms with Crippen LogP contribution in [0, 0.1) is 5.92 Å². The first-order chi connectivity index (χ1) is 10.9. The van der Waals surface area contributed by atoms with E-state index < -0.39 is 5.97 Å². The Hall–Kier alpha value is -1.62. The summed E-state index contributed by atoms with van der Waals surface area (Å²) in [5.41, 5.74) is 1.74. The number of aromatic carboxylic acids is 1. The molecular formula is C18H26N2O3. The molecule has 1 fully saturated rings. The number of carboxylic acid groups (broad SMARTS) is 1. The van der Waals surface area contributed by atoms with Gasteiger partial charge in [-0.15, -0.1) is 0 Å². The third-order valence-corrected chi connectivity index (χ3v) is 5.02. The molecule has 0 aliphatic carbocycles. The van der Waals surface area contributed by atoms with Crippen molar-refractivity contribution in [3.8, 4) is 5.75 Å². The monoisotopic (exact) mass is 318 g/mol. The van der Waals surface area contributed by atoms with E-state index in [4.69, 9.17) is 4.74 Å². The van der Waals surface area contributed by atoms with Gasteiger partial charge in [-0.25, -0.2) is 9.78 Å². The van der Waals surface area contributed by atoms with Gasteiger partial charge in [0, 0.05) is 24.1 Å². The number of hydrogen-bond acceptors (Lipinski definition) is 4.